The van der Waals surface area contributed by atoms with Crippen LogP contribution in [0.15, 0.2) is 30.3 Å². The molecule has 2 N–H and O–H groups in total. The third-order valence-electron chi connectivity index (χ3n) is 5.39. The SMILES string of the molecule is O=C(NCC1OC(=O)N2c3ccc(N4CCOCC4=O)cc3OCC12)Nc1ccc(Cl)s1. The lowest BCUT2D eigenvalue weighted by Gasteiger charge is -2.33. The van der Waals surface area contributed by atoms with Gasteiger partial charge in [0.2, 0.25) is 0 Å². The Labute approximate surface area is 192 Å². The molecule has 2 aromatic rings. The molecule has 4 amide bonds. The minimum Gasteiger partial charge on any atom is -0.489 e. The van der Waals surface area contributed by atoms with E-state index in [1.54, 1.807) is 35.2 Å². The summed E-state index contributed by atoms with van der Waals surface area (Å²) in [5.41, 5.74) is 1.25. The van der Waals surface area contributed by atoms with Crippen LogP contribution in [0, 0.1) is 0 Å². The maximum Gasteiger partial charge on any atom is 0.415 e. The number of ether oxygens (including phenoxy) is 3. The lowest BCUT2D eigenvalue weighted by atomic mass is 10.1. The van der Waals surface area contributed by atoms with Gasteiger partial charge in [0.15, 0.2) is 0 Å². The van der Waals surface area contributed by atoms with Gasteiger partial charge in [0, 0.05) is 18.3 Å². The van der Waals surface area contributed by atoms with Crippen molar-refractivity contribution in [3.8, 4) is 5.75 Å². The normalized spacial score (nSPS) is 22.0. The highest BCUT2D eigenvalue weighted by atomic mass is 35.5. The summed E-state index contributed by atoms with van der Waals surface area (Å²) in [5, 5.41) is 6.01. The maximum atomic E-state index is 12.6. The largest absolute Gasteiger partial charge is 0.489 e. The maximum absolute atomic E-state index is 12.6. The van der Waals surface area contributed by atoms with Crippen LogP contribution in [0.2, 0.25) is 4.34 Å². The number of carbonyl (C=O) groups is 3. The van der Waals surface area contributed by atoms with E-state index in [0.717, 1.165) is 0 Å². The van der Waals surface area contributed by atoms with Crippen LogP contribution in [0.3, 0.4) is 0 Å². The summed E-state index contributed by atoms with van der Waals surface area (Å²) in [7, 11) is 0. The zero-order valence-corrected chi connectivity index (χ0v) is 18.3. The van der Waals surface area contributed by atoms with Crippen LogP contribution in [-0.4, -0.2) is 63.1 Å². The first-order chi connectivity index (χ1) is 15.5. The first-order valence-corrected chi connectivity index (χ1v) is 11.1. The van der Waals surface area contributed by atoms with Crippen molar-refractivity contribution in [2.45, 2.75) is 12.1 Å². The van der Waals surface area contributed by atoms with Crippen LogP contribution in [0.5, 0.6) is 5.75 Å². The van der Waals surface area contributed by atoms with E-state index in [4.69, 9.17) is 25.8 Å². The summed E-state index contributed by atoms with van der Waals surface area (Å²) < 4.78 is 17.1. The molecule has 32 heavy (non-hydrogen) atoms. The number of benzene rings is 1. The first kappa shape index (κ1) is 20.9. The van der Waals surface area contributed by atoms with Gasteiger partial charge in [-0.05, 0) is 24.3 Å². The second kappa shape index (κ2) is 8.49. The predicted molar refractivity (Wildman–Crippen MR) is 118 cm³/mol. The molecule has 2 saturated heterocycles. The van der Waals surface area contributed by atoms with Crippen LogP contribution in [-0.2, 0) is 14.3 Å². The molecule has 0 bridgehead atoms. The number of nitrogens with zero attached hydrogens (tertiary/aromatic N) is 2. The lowest BCUT2D eigenvalue weighted by Crippen LogP contribution is -2.48. The van der Waals surface area contributed by atoms with E-state index in [2.05, 4.69) is 10.6 Å². The molecule has 3 aliphatic rings. The van der Waals surface area contributed by atoms with Gasteiger partial charge in [-0.15, -0.1) is 11.3 Å². The molecule has 5 rings (SSSR count). The number of nitrogens with one attached hydrogen (secondary N) is 2. The molecule has 0 spiro atoms. The Morgan fingerprint density at radius 1 is 1.25 bits per heavy atom. The van der Waals surface area contributed by atoms with Gasteiger partial charge in [-0.3, -0.25) is 15.0 Å². The number of hydrogen-bond donors (Lipinski definition) is 2. The number of anilines is 3. The second-order valence-corrected chi connectivity index (χ2v) is 9.07. The molecule has 2 atom stereocenters. The summed E-state index contributed by atoms with van der Waals surface area (Å²) >= 11 is 7.11. The Bertz CT molecular complexity index is 1080. The Hall–Kier alpha value is -3.02. The van der Waals surface area contributed by atoms with Crippen LogP contribution in [0.4, 0.5) is 26.0 Å². The number of thiophene rings is 1. The molecule has 1 aromatic carbocycles. The average Bonchev–Trinajstić information content (AvgIpc) is 3.34. The molecule has 0 aliphatic carbocycles. The van der Waals surface area contributed by atoms with Crippen molar-refractivity contribution in [2.75, 3.05) is 48.0 Å². The van der Waals surface area contributed by atoms with Crippen molar-refractivity contribution in [1.82, 2.24) is 5.32 Å². The molecule has 12 heteroatoms. The highest BCUT2D eigenvalue weighted by Crippen LogP contribution is 2.41. The van der Waals surface area contributed by atoms with Crippen molar-refractivity contribution in [3.63, 3.8) is 0 Å². The van der Waals surface area contributed by atoms with Gasteiger partial charge in [0.25, 0.3) is 5.91 Å². The summed E-state index contributed by atoms with van der Waals surface area (Å²) in [6.07, 6.45) is -1.08. The van der Waals surface area contributed by atoms with Gasteiger partial charge in [0.05, 0.1) is 28.2 Å². The van der Waals surface area contributed by atoms with E-state index in [1.807, 2.05) is 0 Å². The van der Waals surface area contributed by atoms with Gasteiger partial charge in [0.1, 0.15) is 31.1 Å². The quantitative estimate of drug-likeness (QED) is 0.699. The molecule has 0 saturated carbocycles. The number of cyclic esters (lactones) is 1. The van der Waals surface area contributed by atoms with E-state index < -0.39 is 18.2 Å². The molecule has 2 unspecified atom stereocenters. The molecule has 0 radical (unpaired) electrons. The predicted octanol–water partition coefficient (Wildman–Crippen LogP) is 2.67. The number of hydrogen-bond acceptors (Lipinski definition) is 7. The number of halogens is 1. The third kappa shape index (κ3) is 3.94. The van der Waals surface area contributed by atoms with Crippen LogP contribution in [0.25, 0.3) is 0 Å². The fourth-order valence-corrected chi connectivity index (χ4v) is 4.82. The van der Waals surface area contributed by atoms with Crippen LogP contribution < -0.4 is 25.2 Å². The van der Waals surface area contributed by atoms with Crippen molar-refractivity contribution >= 4 is 57.3 Å². The smallest absolute Gasteiger partial charge is 0.415 e. The van der Waals surface area contributed by atoms with Crippen molar-refractivity contribution < 1.29 is 28.6 Å². The zero-order chi connectivity index (χ0) is 22.2. The van der Waals surface area contributed by atoms with E-state index >= 15 is 0 Å². The van der Waals surface area contributed by atoms with Crippen LogP contribution in [0.1, 0.15) is 0 Å². The van der Waals surface area contributed by atoms with Gasteiger partial charge < -0.3 is 24.4 Å². The molecule has 168 valence electrons. The highest BCUT2D eigenvalue weighted by Gasteiger charge is 2.46. The van der Waals surface area contributed by atoms with Gasteiger partial charge in [-0.1, -0.05) is 11.6 Å². The fraction of sp³-hybridized carbons (Fsp3) is 0.350. The van der Waals surface area contributed by atoms with Crippen molar-refractivity contribution in [1.29, 1.82) is 0 Å². The second-order valence-electron chi connectivity index (χ2n) is 7.36. The third-order valence-corrected chi connectivity index (χ3v) is 6.54. The Morgan fingerprint density at radius 3 is 2.91 bits per heavy atom. The molecule has 3 aliphatic heterocycles. The lowest BCUT2D eigenvalue weighted by molar-refractivity contribution is -0.125. The minimum atomic E-state index is -0.575. The summed E-state index contributed by atoms with van der Waals surface area (Å²) in [6, 6.07) is 7.84. The summed E-state index contributed by atoms with van der Waals surface area (Å²) in [5.74, 6) is 0.371. The minimum absolute atomic E-state index is 0.0419. The highest BCUT2D eigenvalue weighted by molar-refractivity contribution is 7.20. The topological polar surface area (TPSA) is 109 Å². The molecule has 1 aromatic heterocycles. The molecule has 10 nitrogen and oxygen atoms in total. The number of rotatable bonds is 4. The summed E-state index contributed by atoms with van der Waals surface area (Å²) in [4.78, 5) is 40.0. The number of morpholine rings is 1. The summed E-state index contributed by atoms with van der Waals surface area (Å²) in [6.45, 7) is 1.29. The zero-order valence-electron chi connectivity index (χ0n) is 16.7. The molecule has 4 heterocycles. The van der Waals surface area contributed by atoms with Crippen LogP contribution >= 0.6 is 22.9 Å². The number of amides is 4. The van der Waals surface area contributed by atoms with E-state index in [9.17, 15) is 14.4 Å². The van der Waals surface area contributed by atoms with Crippen molar-refractivity contribution in [2.24, 2.45) is 0 Å². The van der Waals surface area contributed by atoms with E-state index in [0.29, 0.717) is 39.6 Å². The average molecular weight is 479 g/mol. The molecular formula is C20H19ClN4O6S. The van der Waals surface area contributed by atoms with Gasteiger partial charge in [-0.25, -0.2) is 9.59 Å². The number of urea groups is 1. The number of fused-ring (bicyclic) bond motifs is 3. The molecule has 2 fully saturated rings. The Morgan fingerprint density at radius 2 is 2.12 bits per heavy atom. The van der Waals surface area contributed by atoms with Crippen molar-refractivity contribution in [3.05, 3.63) is 34.7 Å². The van der Waals surface area contributed by atoms with Gasteiger partial charge in [-0.2, -0.15) is 0 Å². The Kier molecular flexibility index (Phi) is 5.53. The fourth-order valence-electron chi connectivity index (χ4n) is 3.89. The van der Waals surface area contributed by atoms with E-state index in [1.165, 1.54) is 16.2 Å². The number of carbonyl (C=O) groups excluding carboxylic acids is 3. The Balaban J connectivity index is 1.26. The standard InChI is InChI=1S/C20H19ClN4O6S/c21-16-3-4-17(32-16)23-19(27)22-8-15-13-9-30-14-7-11(24-5-6-29-10-18(24)26)1-2-12(14)25(13)20(28)31-15/h1-4,7,13,15H,5-6,8-10H2,(H2,22,23,27). The van der Waals surface area contributed by atoms with Gasteiger partial charge >= 0.3 is 12.1 Å². The monoisotopic (exact) mass is 478 g/mol. The first-order valence-electron chi connectivity index (χ1n) is 9.94. The van der Waals surface area contributed by atoms with E-state index in [-0.39, 0.29) is 31.7 Å². The molecular weight excluding hydrogens is 460 g/mol.